The topological polar surface area (TPSA) is 78.5 Å². The van der Waals surface area contributed by atoms with Crippen LogP contribution in [0.25, 0.3) is 0 Å². The van der Waals surface area contributed by atoms with Gasteiger partial charge in [-0.2, -0.15) is 0 Å². The summed E-state index contributed by atoms with van der Waals surface area (Å²) in [6.45, 7) is 1.67. The van der Waals surface area contributed by atoms with E-state index in [4.69, 9.17) is 11.6 Å². The molecule has 134 valence electrons. The number of hydrogen-bond donors (Lipinski definition) is 2. The summed E-state index contributed by atoms with van der Waals surface area (Å²) in [5, 5.41) is 6.36. The predicted molar refractivity (Wildman–Crippen MR) is 99.8 cm³/mol. The number of nitrogens with one attached hydrogen (secondary N) is 2. The van der Waals surface area contributed by atoms with Crippen molar-refractivity contribution < 1.29 is 14.4 Å². The molecule has 26 heavy (non-hydrogen) atoms. The molecule has 1 saturated heterocycles. The van der Waals surface area contributed by atoms with Gasteiger partial charge in [-0.15, -0.1) is 0 Å². The fourth-order valence-corrected chi connectivity index (χ4v) is 2.91. The Hall–Kier alpha value is -2.86. The van der Waals surface area contributed by atoms with E-state index in [9.17, 15) is 14.4 Å². The van der Waals surface area contributed by atoms with Crippen molar-refractivity contribution in [3.63, 3.8) is 0 Å². The Balaban J connectivity index is 1.64. The van der Waals surface area contributed by atoms with E-state index in [1.165, 1.54) is 11.8 Å². The van der Waals surface area contributed by atoms with Crippen LogP contribution in [-0.4, -0.2) is 28.7 Å². The molecular formula is C19H18ClN3O3. The Labute approximate surface area is 156 Å². The van der Waals surface area contributed by atoms with Crippen molar-refractivity contribution in [1.82, 2.24) is 4.90 Å². The van der Waals surface area contributed by atoms with Gasteiger partial charge in [0.2, 0.25) is 11.8 Å². The Bertz CT molecular complexity index is 834. The Morgan fingerprint density at radius 3 is 2.31 bits per heavy atom. The van der Waals surface area contributed by atoms with Gasteiger partial charge in [0.1, 0.15) is 6.04 Å². The van der Waals surface area contributed by atoms with E-state index in [1.807, 2.05) is 0 Å². The molecule has 2 aromatic carbocycles. The van der Waals surface area contributed by atoms with Crippen molar-refractivity contribution >= 4 is 40.7 Å². The number of benzene rings is 2. The molecule has 1 aliphatic heterocycles. The summed E-state index contributed by atoms with van der Waals surface area (Å²) in [7, 11) is 0. The van der Waals surface area contributed by atoms with Crippen molar-refractivity contribution in [3.8, 4) is 0 Å². The molecule has 0 saturated carbocycles. The highest BCUT2D eigenvalue weighted by Gasteiger charge is 2.38. The van der Waals surface area contributed by atoms with E-state index in [-0.39, 0.29) is 30.7 Å². The summed E-state index contributed by atoms with van der Waals surface area (Å²) in [4.78, 5) is 37.1. The van der Waals surface area contributed by atoms with Crippen molar-refractivity contribution in [1.29, 1.82) is 0 Å². The molecule has 0 unspecified atom stereocenters. The highest BCUT2D eigenvalue weighted by atomic mass is 35.5. The molecule has 1 aliphatic rings. The largest absolute Gasteiger partial charge is 0.373 e. The van der Waals surface area contributed by atoms with Crippen LogP contribution in [-0.2, 0) is 20.9 Å². The van der Waals surface area contributed by atoms with E-state index >= 15 is 0 Å². The first kappa shape index (κ1) is 17.9. The zero-order valence-corrected chi connectivity index (χ0v) is 14.9. The van der Waals surface area contributed by atoms with Crippen molar-refractivity contribution in [2.45, 2.75) is 25.9 Å². The molecule has 7 heteroatoms. The third kappa shape index (κ3) is 4.21. The minimum atomic E-state index is -0.596. The molecule has 0 bridgehead atoms. The summed E-state index contributed by atoms with van der Waals surface area (Å²) in [6.07, 6.45) is 0.111. The molecule has 1 atom stereocenters. The molecule has 6 nitrogen and oxygen atoms in total. The molecule has 0 aromatic heterocycles. The molecule has 3 amide bonds. The number of hydrogen-bond acceptors (Lipinski definition) is 4. The third-order valence-electron chi connectivity index (χ3n) is 4.04. The molecule has 3 rings (SSSR count). The molecular weight excluding hydrogens is 354 g/mol. The lowest BCUT2D eigenvalue weighted by Gasteiger charge is -2.16. The average Bonchev–Trinajstić information content (AvgIpc) is 2.85. The smallest absolute Gasteiger partial charge is 0.252 e. The molecule has 1 fully saturated rings. The van der Waals surface area contributed by atoms with Crippen molar-refractivity contribution in [2.24, 2.45) is 0 Å². The zero-order valence-electron chi connectivity index (χ0n) is 14.2. The molecule has 0 aliphatic carbocycles. The fourth-order valence-electron chi connectivity index (χ4n) is 2.79. The standard InChI is InChI=1S/C19H18ClN3O3/c1-12(24)21-15-6-8-16(9-7-15)22-17-10-18(25)23(19(17)26)11-13-2-4-14(20)5-3-13/h2-9,17,22H,10-11H2,1H3,(H,21,24)/t17-/m0/s1. The van der Waals surface area contributed by atoms with Crippen molar-refractivity contribution in [2.75, 3.05) is 10.6 Å². The second-order valence-corrected chi connectivity index (χ2v) is 6.54. The number of imide groups is 1. The first-order valence-electron chi connectivity index (χ1n) is 8.15. The summed E-state index contributed by atoms with van der Waals surface area (Å²) >= 11 is 5.86. The number of anilines is 2. The van der Waals surface area contributed by atoms with Crippen LogP contribution in [0.5, 0.6) is 0 Å². The summed E-state index contributed by atoms with van der Waals surface area (Å²) < 4.78 is 0. The molecule has 0 spiro atoms. The van der Waals surface area contributed by atoms with Gasteiger partial charge in [-0.1, -0.05) is 23.7 Å². The van der Waals surface area contributed by atoms with Crippen molar-refractivity contribution in [3.05, 3.63) is 59.1 Å². The van der Waals surface area contributed by atoms with Crippen LogP contribution in [0.4, 0.5) is 11.4 Å². The SMILES string of the molecule is CC(=O)Nc1ccc(N[C@H]2CC(=O)N(Cc3ccc(Cl)cc3)C2=O)cc1. The normalized spacial score (nSPS) is 16.7. The third-order valence-corrected chi connectivity index (χ3v) is 4.30. The van der Waals surface area contributed by atoms with E-state index in [0.29, 0.717) is 16.4 Å². The first-order chi connectivity index (χ1) is 12.4. The second-order valence-electron chi connectivity index (χ2n) is 6.10. The average molecular weight is 372 g/mol. The quantitative estimate of drug-likeness (QED) is 0.792. The van der Waals surface area contributed by atoms with Gasteiger partial charge in [-0.25, -0.2) is 0 Å². The Morgan fingerprint density at radius 2 is 1.69 bits per heavy atom. The Kier molecular flexibility index (Phi) is 5.23. The summed E-state index contributed by atoms with van der Waals surface area (Å²) in [5.41, 5.74) is 2.22. The van der Waals surface area contributed by atoms with Gasteiger partial charge in [0, 0.05) is 23.3 Å². The lowest BCUT2D eigenvalue weighted by atomic mass is 10.2. The number of likely N-dealkylation sites (tertiary alicyclic amines) is 1. The molecule has 1 heterocycles. The van der Waals surface area contributed by atoms with Gasteiger partial charge < -0.3 is 10.6 Å². The second kappa shape index (κ2) is 7.58. The first-order valence-corrected chi connectivity index (χ1v) is 8.53. The highest BCUT2D eigenvalue weighted by Crippen LogP contribution is 2.22. The van der Waals surface area contributed by atoms with Gasteiger partial charge in [0.25, 0.3) is 5.91 Å². The van der Waals surface area contributed by atoms with Crippen LogP contribution < -0.4 is 10.6 Å². The van der Waals surface area contributed by atoms with Gasteiger partial charge in [0.05, 0.1) is 13.0 Å². The van der Waals surface area contributed by atoms with Gasteiger partial charge in [-0.3, -0.25) is 19.3 Å². The van der Waals surface area contributed by atoms with E-state index in [2.05, 4.69) is 10.6 Å². The number of carbonyl (C=O) groups excluding carboxylic acids is 3. The molecule has 2 aromatic rings. The summed E-state index contributed by atoms with van der Waals surface area (Å²) in [5.74, 6) is -0.617. The van der Waals surface area contributed by atoms with Crippen LogP contribution in [0.1, 0.15) is 18.9 Å². The van der Waals surface area contributed by atoms with Crippen LogP contribution in [0, 0.1) is 0 Å². The number of rotatable bonds is 5. The minimum Gasteiger partial charge on any atom is -0.373 e. The van der Waals surface area contributed by atoms with Gasteiger partial charge >= 0.3 is 0 Å². The maximum atomic E-state index is 12.6. The predicted octanol–water partition coefficient (Wildman–Crippen LogP) is 3.04. The van der Waals surface area contributed by atoms with Crippen LogP contribution in [0.3, 0.4) is 0 Å². The van der Waals surface area contributed by atoms with Gasteiger partial charge in [-0.05, 0) is 42.0 Å². The minimum absolute atomic E-state index is 0.111. The number of nitrogens with zero attached hydrogens (tertiary/aromatic N) is 1. The number of carbonyl (C=O) groups is 3. The maximum absolute atomic E-state index is 12.6. The zero-order chi connectivity index (χ0) is 18.7. The fraction of sp³-hybridized carbons (Fsp3) is 0.211. The number of halogens is 1. The Morgan fingerprint density at radius 1 is 1.08 bits per heavy atom. The highest BCUT2D eigenvalue weighted by molar-refractivity contribution is 6.30. The summed E-state index contributed by atoms with van der Waals surface area (Å²) in [6, 6.07) is 13.4. The van der Waals surface area contributed by atoms with Crippen LogP contribution >= 0.6 is 11.6 Å². The monoisotopic (exact) mass is 371 g/mol. The lowest BCUT2D eigenvalue weighted by Crippen LogP contribution is -2.34. The van der Waals surface area contributed by atoms with Gasteiger partial charge in [0.15, 0.2) is 0 Å². The maximum Gasteiger partial charge on any atom is 0.252 e. The van der Waals surface area contributed by atoms with E-state index < -0.39 is 6.04 Å². The molecule has 0 radical (unpaired) electrons. The lowest BCUT2D eigenvalue weighted by molar-refractivity contribution is -0.139. The van der Waals surface area contributed by atoms with Crippen LogP contribution in [0.15, 0.2) is 48.5 Å². The number of amides is 3. The van der Waals surface area contributed by atoms with Crippen LogP contribution in [0.2, 0.25) is 5.02 Å². The molecule has 2 N–H and O–H groups in total. The van der Waals surface area contributed by atoms with E-state index in [0.717, 1.165) is 5.56 Å². The van der Waals surface area contributed by atoms with E-state index in [1.54, 1.807) is 48.5 Å².